The normalized spacial score (nSPS) is 9.83. The molecule has 0 atom stereocenters. The van der Waals surface area contributed by atoms with Crippen LogP contribution >= 0.6 is 0 Å². The summed E-state index contributed by atoms with van der Waals surface area (Å²) in [5.74, 6) is 0.215. The molecular formula is C15H16N4O4. The van der Waals surface area contributed by atoms with Crippen LogP contribution in [-0.2, 0) is 9.47 Å². The molecule has 1 heterocycles. The molecule has 1 aromatic heterocycles. The Labute approximate surface area is 132 Å². The van der Waals surface area contributed by atoms with Gasteiger partial charge in [0.2, 0.25) is 0 Å². The van der Waals surface area contributed by atoms with Crippen LogP contribution in [0.4, 0.5) is 22.1 Å². The molecule has 8 nitrogen and oxygen atoms in total. The largest absolute Gasteiger partial charge is 0.465 e. The van der Waals surface area contributed by atoms with E-state index in [0.717, 1.165) is 0 Å². The molecule has 0 unspecified atom stereocenters. The van der Waals surface area contributed by atoms with Crippen LogP contribution in [0.3, 0.4) is 0 Å². The zero-order valence-electron chi connectivity index (χ0n) is 12.7. The van der Waals surface area contributed by atoms with Gasteiger partial charge in [-0.2, -0.15) is 0 Å². The number of hydrogen-bond acceptors (Lipinski definition) is 7. The minimum atomic E-state index is -0.599. The van der Waals surface area contributed by atoms with Gasteiger partial charge in [-0.05, 0) is 31.2 Å². The number of para-hydroxylation sites is 1. The number of benzene rings is 1. The Kier molecular flexibility index (Phi) is 5.45. The highest BCUT2D eigenvalue weighted by Crippen LogP contribution is 2.20. The number of amides is 1. The van der Waals surface area contributed by atoms with E-state index in [0.29, 0.717) is 17.1 Å². The zero-order valence-corrected chi connectivity index (χ0v) is 12.7. The standard InChI is InChI=1S/C15H16N4O4/c1-3-23-15(21)17-13-9-8-12(18-19-13)16-11-7-5-4-6-10(11)14(20)22-2/h4-9H,3H2,1-2H3,(H,16,18)(H,17,19,21). The fourth-order valence-corrected chi connectivity index (χ4v) is 1.76. The molecule has 120 valence electrons. The van der Waals surface area contributed by atoms with Gasteiger partial charge in [-0.1, -0.05) is 12.1 Å². The van der Waals surface area contributed by atoms with Gasteiger partial charge in [-0.3, -0.25) is 5.32 Å². The number of anilines is 3. The minimum absolute atomic E-state index is 0.259. The average molecular weight is 316 g/mol. The molecule has 0 bridgehead atoms. The molecule has 2 rings (SSSR count). The number of hydrogen-bond donors (Lipinski definition) is 2. The van der Waals surface area contributed by atoms with E-state index in [9.17, 15) is 9.59 Å². The maximum absolute atomic E-state index is 11.7. The van der Waals surface area contributed by atoms with Crippen molar-refractivity contribution in [3.05, 3.63) is 42.0 Å². The second kappa shape index (κ2) is 7.74. The molecule has 0 saturated heterocycles. The van der Waals surface area contributed by atoms with Gasteiger partial charge in [0.05, 0.1) is 25.0 Å². The lowest BCUT2D eigenvalue weighted by Crippen LogP contribution is -2.14. The van der Waals surface area contributed by atoms with E-state index in [4.69, 9.17) is 9.47 Å². The third kappa shape index (κ3) is 4.40. The summed E-state index contributed by atoms with van der Waals surface area (Å²) < 4.78 is 9.47. The topological polar surface area (TPSA) is 102 Å². The molecule has 8 heteroatoms. The van der Waals surface area contributed by atoms with E-state index < -0.39 is 12.1 Å². The van der Waals surface area contributed by atoms with Gasteiger partial charge in [0.15, 0.2) is 11.6 Å². The Balaban J connectivity index is 2.10. The van der Waals surface area contributed by atoms with E-state index in [1.54, 1.807) is 43.3 Å². The van der Waals surface area contributed by atoms with Crippen molar-refractivity contribution in [3.63, 3.8) is 0 Å². The molecule has 0 aliphatic heterocycles. The fraction of sp³-hybridized carbons (Fsp3) is 0.200. The molecule has 0 saturated carbocycles. The van der Waals surface area contributed by atoms with Crippen LogP contribution in [0.25, 0.3) is 0 Å². The van der Waals surface area contributed by atoms with Crippen molar-refractivity contribution in [2.75, 3.05) is 24.4 Å². The number of methoxy groups -OCH3 is 1. The maximum Gasteiger partial charge on any atom is 0.412 e. The summed E-state index contributed by atoms with van der Waals surface area (Å²) in [6.45, 7) is 1.97. The number of nitrogens with one attached hydrogen (secondary N) is 2. The van der Waals surface area contributed by atoms with E-state index >= 15 is 0 Å². The predicted molar refractivity (Wildman–Crippen MR) is 83.7 cm³/mol. The van der Waals surface area contributed by atoms with E-state index in [-0.39, 0.29) is 12.4 Å². The van der Waals surface area contributed by atoms with E-state index in [1.807, 2.05) is 0 Å². The summed E-state index contributed by atoms with van der Waals surface area (Å²) in [6, 6.07) is 10.0. The van der Waals surface area contributed by atoms with Crippen molar-refractivity contribution in [3.8, 4) is 0 Å². The first kappa shape index (κ1) is 16.2. The Morgan fingerprint density at radius 1 is 1.09 bits per heavy atom. The van der Waals surface area contributed by atoms with Gasteiger partial charge < -0.3 is 14.8 Å². The molecule has 0 aliphatic carbocycles. The molecular weight excluding hydrogens is 300 g/mol. The van der Waals surface area contributed by atoms with Crippen LogP contribution in [0.1, 0.15) is 17.3 Å². The summed E-state index contributed by atoms with van der Waals surface area (Å²) >= 11 is 0. The first-order valence-corrected chi connectivity index (χ1v) is 6.86. The van der Waals surface area contributed by atoms with E-state index in [1.165, 1.54) is 7.11 Å². The lowest BCUT2D eigenvalue weighted by Gasteiger charge is -2.10. The predicted octanol–water partition coefficient (Wildman–Crippen LogP) is 2.58. The summed E-state index contributed by atoms with van der Waals surface area (Å²) in [7, 11) is 1.31. The SMILES string of the molecule is CCOC(=O)Nc1ccc(Nc2ccccc2C(=O)OC)nn1. The molecule has 0 radical (unpaired) electrons. The number of rotatable bonds is 5. The van der Waals surface area contributed by atoms with Crippen LogP contribution in [0.15, 0.2) is 36.4 Å². The zero-order chi connectivity index (χ0) is 16.7. The summed E-state index contributed by atoms with van der Waals surface area (Å²) in [6.07, 6.45) is -0.599. The highest BCUT2D eigenvalue weighted by atomic mass is 16.5. The van der Waals surface area contributed by atoms with Gasteiger partial charge in [-0.15, -0.1) is 10.2 Å². The van der Waals surface area contributed by atoms with Gasteiger partial charge in [0.1, 0.15) is 0 Å². The van der Waals surface area contributed by atoms with E-state index in [2.05, 4.69) is 20.8 Å². The first-order chi connectivity index (χ1) is 11.1. The number of aromatic nitrogens is 2. The molecule has 23 heavy (non-hydrogen) atoms. The number of carbonyl (C=O) groups excluding carboxylic acids is 2. The Morgan fingerprint density at radius 2 is 1.78 bits per heavy atom. The molecule has 2 aromatic rings. The van der Waals surface area contributed by atoms with Crippen LogP contribution in [-0.4, -0.2) is 36.0 Å². The third-order valence-electron chi connectivity index (χ3n) is 2.77. The quantitative estimate of drug-likeness (QED) is 0.817. The van der Waals surface area contributed by atoms with Crippen molar-refractivity contribution < 1.29 is 19.1 Å². The minimum Gasteiger partial charge on any atom is -0.465 e. The Hall–Kier alpha value is -3.16. The van der Waals surface area contributed by atoms with Crippen molar-refractivity contribution in [2.45, 2.75) is 6.92 Å². The molecule has 0 aliphatic rings. The summed E-state index contributed by atoms with van der Waals surface area (Å²) in [4.78, 5) is 23.0. The van der Waals surface area contributed by atoms with Gasteiger partial charge in [0.25, 0.3) is 0 Å². The lowest BCUT2D eigenvalue weighted by molar-refractivity contribution is 0.0602. The monoisotopic (exact) mass is 316 g/mol. The fourth-order valence-electron chi connectivity index (χ4n) is 1.76. The van der Waals surface area contributed by atoms with Crippen LogP contribution in [0, 0.1) is 0 Å². The molecule has 2 N–H and O–H groups in total. The van der Waals surface area contributed by atoms with Crippen LogP contribution in [0.2, 0.25) is 0 Å². The van der Waals surface area contributed by atoms with Crippen molar-refractivity contribution in [1.29, 1.82) is 0 Å². The molecule has 0 fully saturated rings. The third-order valence-corrected chi connectivity index (χ3v) is 2.77. The number of nitrogens with zero attached hydrogens (tertiary/aromatic N) is 2. The second-order valence-corrected chi connectivity index (χ2v) is 4.31. The number of esters is 1. The maximum atomic E-state index is 11.7. The van der Waals surface area contributed by atoms with Gasteiger partial charge in [-0.25, -0.2) is 9.59 Å². The lowest BCUT2D eigenvalue weighted by atomic mass is 10.2. The van der Waals surface area contributed by atoms with Crippen molar-refractivity contribution in [1.82, 2.24) is 10.2 Å². The Morgan fingerprint density at radius 3 is 2.43 bits per heavy atom. The summed E-state index contributed by atoms with van der Waals surface area (Å²) in [5.41, 5.74) is 0.922. The average Bonchev–Trinajstić information content (AvgIpc) is 2.56. The van der Waals surface area contributed by atoms with Crippen molar-refractivity contribution >= 4 is 29.4 Å². The van der Waals surface area contributed by atoms with Crippen molar-refractivity contribution in [2.24, 2.45) is 0 Å². The Bertz CT molecular complexity index is 688. The van der Waals surface area contributed by atoms with Crippen LogP contribution < -0.4 is 10.6 Å². The second-order valence-electron chi connectivity index (χ2n) is 4.31. The number of carbonyl (C=O) groups is 2. The number of ether oxygens (including phenoxy) is 2. The highest BCUT2D eigenvalue weighted by Gasteiger charge is 2.11. The molecule has 0 spiro atoms. The smallest absolute Gasteiger partial charge is 0.412 e. The first-order valence-electron chi connectivity index (χ1n) is 6.86. The summed E-state index contributed by atoms with van der Waals surface area (Å²) in [5, 5.41) is 13.2. The van der Waals surface area contributed by atoms with Crippen LogP contribution in [0.5, 0.6) is 0 Å². The molecule has 1 amide bonds. The highest BCUT2D eigenvalue weighted by molar-refractivity contribution is 5.96. The van der Waals surface area contributed by atoms with Gasteiger partial charge >= 0.3 is 12.1 Å². The van der Waals surface area contributed by atoms with Gasteiger partial charge in [0, 0.05) is 0 Å². The molecule has 1 aromatic carbocycles.